The van der Waals surface area contributed by atoms with Gasteiger partial charge >= 0.3 is 0 Å². The van der Waals surface area contributed by atoms with Gasteiger partial charge in [0, 0.05) is 19.3 Å². The Hall–Kier alpha value is -1.55. The second-order valence-corrected chi connectivity index (χ2v) is 4.72. The van der Waals surface area contributed by atoms with Gasteiger partial charge < -0.3 is 15.0 Å². The molecule has 1 amide bonds. The molecule has 18 heavy (non-hydrogen) atoms. The van der Waals surface area contributed by atoms with Crippen LogP contribution in [0.4, 0.5) is 5.69 Å². The van der Waals surface area contributed by atoms with E-state index >= 15 is 0 Å². The molecule has 0 spiro atoms. The fourth-order valence-corrected chi connectivity index (χ4v) is 2.23. The van der Waals surface area contributed by atoms with Gasteiger partial charge in [0.1, 0.15) is 0 Å². The molecule has 1 fully saturated rings. The average Bonchev–Trinajstić information content (AvgIpc) is 2.38. The number of carbonyl (C=O) groups is 1. The minimum absolute atomic E-state index is 0.0788. The van der Waals surface area contributed by atoms with Gasteiger partial charge in [-0.1, -0.05) is 6.07 Å². The van der Waals surface area contributed by atoms with Crippen LogP contribution in [0.1, 0.15) is 22.8 Å². The van der Waals surface area contributed by atoms with Crippen molar-refractivity contribution in [3.8, 4) is 0 Å². The quantitative estimate of drug-likeness (QED) is 0.869. The first-order valence-electron chi connectivity index (χ1n) is 6.30. The van der Waals surface area contributed by atoms with Crippen LogP contribution in [-0.4, -0.2) is 43.7 Å². The van der Waals surface area contributed by atoms with Crippen LogP contribution in [0.2, 0.25) is 0 Å². The summed E-state index contributed by atoms with van der Waals surface area (Å²) < 4.78 is 5.36. The molecule has 4 heteroatoms. The van der Waals surface area contributed by atoms with Crippen molar-refractivity contribution in [1.29, 1.82) is 0 Å². The van der Waals surface area contributed by atoms with Crippen LogP contribution >= 0.6 is 0 Å². The zero-order valence-corrected chi connectivity index (χ0v) is 11.2. The van der Waals surface area contributed by atoms with Crippen molar-refractivity contribution in [3.63, 3.8) is 0 Å². The number of rotatable bonds is 2. The van der Waals surface area contributed by atoms with Gasteiger partial charge in [0.25, 0.3) is 5.91 Å². The van der Waals surface area contributed by atoms with Crippen molar-refractivity contribution >= 4 is 11.6 Å². The van der Waals surface area contributed by atoms with Gasteiger partial charge in [0.2, 0.25) is 0 Å². The van der Waals surface area contributed by atoms with Crippen molar-refractivity contribution in [2.75, 3.05) is 32.1 Å². The van der Waals surface area contributed by atoms with Gasteiger partial charge in [-0.05, 0) is 31.5 Å². The van der Waals surface area contributed by atoms with Crippen LogP contribution in [0.3, 0.4) is 0 Å². The van der Waals surface area contributed by atoms with E-state index in [-0.39, 0.29) is 11.9 Å². The molecular weight excluding hydrogens is 228 g/mol. The smallest absolute Gasteiger partial charge is 0.256 e. The van der Waals surface area contributed by atoms with E-state index in [1.807, 2.05) is 44.0 Å². The maximum atomic E-state index is 12.5. The Bertz CT molecular complexity index is 445. The summed E-state index contributed by atoms with van der Waals surface area (Å²) in [7, 11) is 1.84. The van der Waals surface area contributed by atoms with Crippen LogP contribution in [0.25, 0.3) is 0 Å². The highest BCUT2D eigenvalue weighted by Gasteiger charge is 2.26. The first kappa shape index (κ1) is 12.9. The predicted octanol–water partition coefficient (Wildman–Crippen LogP) is 1.90. The van der Waals surface area contributed by atoms with E-state index < -0.39 is 0 Å². The number of hydrogen-bond donors (Lipinski definition) is 1. The van der Waals surface area contributed by atoms with Crippen molar-refractivity contribution in [3.05, 3.63) is 29.3 Å². The zero-order chi connectivity index (χ0) is 13.1. The molecule has 0 aliphatic carbocycles. The Morgan fingerprint density at radius 2 is 2.28 bits per heavy atom. The van der Waals surface area contributed by atoms with E-state index in [4.69, 9.17) is 4.74 Å². The number of nitrogens with one attached hydrogen (secondary N) is 1. The molecule has 0 aromatic heterocycles. The molecule has 1 aliphatic heterocycles. The lowest BCUT2D eigenvalue weighted by Crippen LogP contribution is -2.47. The summed E-state index contributed by atoms with van der Waals surface area (Å²) in [6.45, 7) is 5.94. The van der Waals surface area contributed by atoms with Crippen LogP contribution in [0, 0.1) is 6.92 Å². The third-order valence-electron chi connectivity index (χ3n) is 3.30. The summed E-state index contributed by atoms with van der Waals surface area (Å²) in [5.74, 6) is 0.0788. The molecule has 1 heterocycles. The maximum absolute atomic E-state index is 12.5. The highest BCUT2D eigenvalue weighted by Crippen LogP contribution is 2.21. The summed E-state index contributed by atoms with van der Waals surface area (Å²) in [5.41, 5.74) is 2.77. The SMILES string of the molecule is CNc1cc(C)ccc1C(=O)N1CCOCC1C. The fourth-order valence-electron chi connectivity index (χ4n) is 2.23. The lowest BCUT2D eigenvalue weighted by molar-refractivity contribution is 0.00365. The number of anilines is 1. The number of hydrogen-bond acceptors (Lipinski definition) is 3. The molecule has 0 bridgehead atoms. The molecule has 4 nitrogen and oxygen atoms in total. The molecule has 98 valence electrons. The van der Waals surface area contributed by atoms with Gasteiger partial charge in [0.05, 0.1) is 24.8 Å². The number of amides is 1. The number of carbonyl (C=O) groups excluding carboxylic acids is 1. The number of nitrogens with zero attached hydrogens (tertiary/aromatic N) is 1. The van der Waals surface area contributed by atoms with Gasteiger partial charge in [-0.25, -0.2) is 0 Å². The third kappa shape index (κ3) is 2.48. The molecule has 1 aromatic rings. The standard InChI is InChI=1S/C14H20N2O2/c1-10-4-5-12(13(8-10)15-3)14(17)16-6-7-18-9-11(16)2/h4-5,8,11,15H,6-7,9H2,1-3H3. The Morgan fingerprint density at radius 1 is 1.50 bits per heavy atom. The molecule has 1 atom stereocenters. The maximum Gasteiger partial charge on any atom is 0.256 e. The van der Waals surface area contributed by atoms with E-state index in [0.717, 1.165) is 16.8 Å². The first-order chi connectivity index (χ1) is 8.63. The first-order valence-corrected chi connectivity index (χ1v) is 6.30. The monoisotopic (exact) mass is 248 g/mol. The van der Waals surface area contributed by atoms with Crippen molar-refractivity contribution in [2.45, 2.75) is 19.9 Å². The van der Waals surface area contributed by atoms with Crippen LogP contribution in [0.15, 0.2) is 18.2 Å². The summed E-state index contributed by atoms with van der Waals surface area (Å²) in [5, 5.41) is 3.09. The molecule has 1 unspecified atom stereocenters. The zero-order valence-electron chi connectivity index (χ0n) is 11.2. The molecule has 1 N–H and O–H groups in total. The minimum atomic E-state index is 0.0788. The van der Waals surface area contributed by atoms with Crippen molar-refractivity contribution in [1.82, 2.24) is 4.90 Å². The number of benzene rings is 1. The van der Waals surface area contributed by atoms with Crippen LogP contribution in [-0.2, 0) is 4.74 Å². The second kappa shape index (κ2) is 5.40. The highest BCUT2D eigenvalue weighted by atomic mass is 16.5. The Kier molecular flexibility index (Phi) is 3.87. The third-order valence-corrected chi connectivity index (χ3v) is 3.30. The minimum Gasteiger partial charge on any atom is -0.387 e. The predicted molar refractivity (Wildman–Crippen MR) is 72.0 cm³/mol. The van der Waals surface area contributed by atoms with Crippen molar-refractivity contribution in [2.24, 2.45) is 0 Å². The van der Waals surface area contributed by atoms with E-state index in [2.05, 4.69) is 5.32 Å². The van der Waals surface area contributed by atoms with E-state index in [0.29, 0.717) is 19.8 Å². The molecule has 0 radical (unpaired) electrons. The van der Waals surface area contributed by atoms with Gasteiger partial charge in [-0.15, -0.1) is 0 Å². The number of ether oxygens (including phenoxy) is 1. The van der Waals surface area contributed by atoms with E-state index in [1.54, 1.807) is 0 Å². The van der Waals surface area contributed by atoms with Crippen molar-refractivity contribution < 1.29 is 9.53 Å². The molecule has 1 aromatic carbocycles. The lowest BCUT2D eigenvalue weighted by Gasteiger charge is -2.33. The topological polar surface area (TPSA) is 41.6 Å². The lowest BCUT2D eigenvalue weighted by atomic mass is 10.1. The average molecular weight is 248 g/mol. The normalized spacial score (nSPS) is 19.7. The summed E-state index contributed by atoms with van der Waals surface area (Å²) >= 11 is 0. The molecule has 1 aliphatic rings. The van der Waals surface area contributed by atoms with Crippen LogP contribution in [0.5, 0.6) is 0 Å². The number of aryl methyl sites for hydroxylation is 1. The van der Waals surface area contributed by atoms with E-state index in [9.17, 15) is 4.79 Å². The number of morpholine rings is 1. The Balaban J connectivity index is 2.27. The summed E-state index contributed by atoms with van der Waals surface area (Å²) in [6.07, 6.45) is 0. The Morgan fingerprint density at radius 3 is 2.94 bits per heavy atom. The summed E-state index contributed by atoms with van der Waals surface area (Å²) in [4.78, 5) is 14.4. The van der Waals surface area contributed by atoms with Gasteiger partial charge in [-0.2, -0.15) is 0 Å². The Labute approximate surface area is 108 Å². The fraction of sp³-hybridized carbons (Fsp3) is 0.500. The molecular formula is C14H20N2O2. The molecule has 1 saturated heterocycles. The molecule has 0 saturated carbocycles. The molecule has 2 rings (SSSR count). The van der Waals surface area contributed by atoms with Gasteiger partial charge in [-0.3, -0.25) is 4.79 Å². The highest BCUT2D eigenvalue weighted by molar-refractivity contribution is 6.00. The van der Waals surface area contributed by atoms with E-state index in [1.165, 1.54) is 0 Å². The summed E-state index contributed by atoms with van der Waals surface area (Å²) in [6, 6.07) is 6.00. The van der Waals surface area contributed by atoms with Crippen LogP contribution < -0.4 is 5.32 Å². The largest absolute Gasteiger partial charge is 0.387 e. The van der Waals surface area contributed by atoms with Gasteiger partial charge in [0.15, 0.2) is 0 Å². The second-order valence-electron chi connectivity index (χ2n) is 4.72.